The second-order valence-electron chi connectivity index (χ2n) is 4.11. The van der Waals surface area contributed by atoms with Crippen LogP contribution in [0, 0.1) is 15.9 Å². The summed E-state index contributed by atoms with van der Waals surface area (Å²) >= 11 is 0. The van der Waals surface area contributed by atoms with E-state index in [1.54, 1.807) is 0 Å². The van der Waals surface area contributed by atoms with Crippen molar-refractivity contribution in [1.82, 2.24) is 5.32 Å². The summed E-state index contributed by atoms with van der Waals surface area (Å²) in [6.07, 6.45) is -5.78. The first kappa shape index (κ1) is 15.9. The van der Waals surface area contributed by atoms with Gasteiger partial charge >= 0.3 is 6.18 Å². The third-order valence-corrected chi connectivity index (χ3v) is 2.32. The molecular formula is C11H10F4N2O3. The van der Waals surface area contributed by atoms with E-state index in [1.165, 1.54) is 0 Å². The molecular weight excluding hydrogens is 284 g/mol. The van der Waals surface area contributed by atoms with Crippen LogP contribution in [0.15, 0.2) is 18.2 Å². The molecule has 0 saturated heterocycles. The molecule has 1 aromatic rings. The Bertz CT molecular complexity index is 531. The molecule has 1 atom stereocenters. The quantitative estimate of drug-likeness (QED) is 0.527. The van der Waals surface area contributed by atoms with Crippen LogP contribution in [0.5, 0.6) is 0 Å². The Morgan fingerprint density at radius 2 is 2.05 bits per heavy atom. The lowest BCUT2D eigenvalue weighted by atomic mass is 10.1. The number of benzene rings is 1. The summed E-state index contributed by atoms with van der Waals surface area (Å²) in [7, 11) is 0. The van der Waals surface area contributed by atoms with Crippen molar-refractivity contribution in [3.05, 3.63) is 39.7 Å². The van der Waals surface area contributed by atoms with E-state index >= 15 is 0 Å². The third-order valence-electron chi connectivity index (χ3n) is 2.32. The number of hydrogen-bond donors (Lipinski definition) is 1. The number of hydrogen-bond acceptors (Lipinski definition) is 3. The van der Waals surface area contributed by atoms with Gasteiger partial charge in [-0.1, -0.05) is 0 Å². The molecule has 1 rings (SSSR count). The molecule has 1 aromatic carbocycles. The summed E-state index contributed by atoms with van der Waals surface area (Å²) in [6.45, 7) is 1.09. The molecule has 5 nitrogen and oxygen atoms in total. The van der Waals surface area contributed by atoms with Gasteiger partial charge in [0.25, 0.3) is 11.6 Å². The molecule has 0 saturated carbocycles. The van der Waals surface area contributed by atoms with Crippen molar-refractivity contribution in [2.75, 3.05) is 0 Å². The fourth-order valence-electron chi connectivity index (χ4n) is 1.55. The zero-order valence-electron chi connectivity index (χ0n) is 10.2. The van der Waals surface area contributed by atoms with E-state index < -0.39 is 46.5 Å². The van der Waals surface area contributed by atoms with Gasteiger partial charge in [-0.05, 0) is 19.1 Å². The van der Waals surface area contributed by atoms with E-state index in [0.29, 0.717) is 6.07 Å². The van der Waals surface area contributed by atoms with Gasteiger partial charge in [0.1, 0.15) is 11.4 Å². The molecule has 0 aliphatic rings. The maximum Gasteiger partial charge on any atom is 0.391 e. The molecule has 0 radical (unpaired) electrons. The van der Waals surface area contributed by atoms with Crippen LogP contribution in [0.2, 0.25) is 0 Å². The lowest BCUT2D eigenvalue weighted by Gasteiger charge is -2.15. The summed E-state index contributed by atoms with van der Waals surface area (Å²) in [4.78, 5) is 21.4. The largest absolute Gasteiger partial charge is 0.391 e. The lowest BCUT2D eigenvalue weighted by Crippen LogP contribution is -2.36. The number of carbonyl (C=O) groups excluding carboxylic acids is 1. The van der Waals surface area contributed by atoms with Crippen molar-refractivity contribution in [2.45, 2.75) is 25.6 Å². The highest BCUT2D eigenvalue weighted by molar-refractivity contribution is 5.98. The molecule has 9 heteroatoms. The molecule has 1 unspecified atom stereocenters. The normalized spacial score (nSPS) is 12.8. The van der Waals surface area contributed by atoms with Gasteiger partial charge in [-0.3, -0.25) is 14.9 Å². The van der Waals surface area contributed by atoms with Gasteiger partial charge in [0.2, 0.25) is 0 Å². The number of rotatable bonds is 4. The molecule has 110 valence electrons. The summed E-state index contributed by atoms with van der Waals surface area (Å²) in [5, 5.41) is 12.6. The van der Waals surface area contributed by atoms with E-state index in [-0.39, 0.29) is 0 Å². The second-order valence-corrected chi connectivity index (χ2v) is 4.11. The van der Waals surface area contributed by atoms with Crippen LogP contribution in [-0.4, -0.2) is 23.0 Å². The van der Waals surface area contributed by atoms with Crippen molar-refractivity contribution in [3.8, 4) is 0 Å². The van der Waals surface area contributed by atoms with Crippen molar-refractivity contribution in [2.24, 2.45) is 0 Å². The van der Waals surface area contributed by atoms with Gasteiger partial charge in [0, 0.05) is 12.1 Å². The van der Waals surface area contributed by atoms with Crippen LogP contribution in [0.25, 0.3) is 0 Å². The number of nitro benzene ring substituents is 1. The van der Waals surface area contributed by atoms with Gasteiger partial charge in [-0.15, -0.1) is 0 Å². The Balaban J connectivity index is 2.92. The first-order valence-corrected chi connectivity index (χ1v) is 5.41. The minimum Gasteiger partial charge on any atom is -0.349 e. The molecule has 1 N–H and O–H groups in total. The van der Waals surface area contributed by atoms with Crippen LogP contribution in [0.4, 0.5) is 23.2 Å². The van der Waals surface area contributed by atoms with Crippen LogP contribution >= 0.6 is 0 Å². The fraction of sp³-hybridized carbons (Fsp3) is 0.364. The summed E-state index contributed by atoms with van der Waals surface area (Å²) < 4.78 is 49.3. The zero-order valence-corrected chi connectivity index (χ0v) is 10.2. The Hall–Kier alpha value is -2.19. The van der Waals surface area contributed by atoms with Crippen molar-refractivity contribution in [1.29, 1.82) is 0 Å². The molecule has 0 aromatic heterocycles. The third kappa shape index (κ3) is 4.48. The highest BCUT2D eigenvalue weighted by atomic mass is 19.4. The predicted molar refractivity (Wildman–Crippen MR) is 60.7 cm³/mol. The van der Waals surface area contributed by atoms with Gasteiger partial charge in [-0.25, -0.2) is 4.39 Å². The Morgan fingerprint density at radius 3 is 2.55 bits per heavy atom. The molecule has 20 heavy (non-hydrogen) atoms. The number of nitrogens with one attached hydrogen (secondary N) is 1. The van der Waals surface area contributed by atoms with Gasteiger partial charge < -0.3 is 5.32 Å². The number of alkyl halides is 3. The molecule has 0 bridgehead atoms. The SMILES string of the molecule is CC(CC(F)(F)F)NC(=O)c1cc(F)ccc1[N+](=O)[O-]. The Labute approximate surface area is 110 Å². The van der Waals surface area contributed by atoms with Crippen LogP contribution in [0.3, 0.4) is 0 Å². The molecule has 0 aliphatic heterocycles. The van der Waals surface area contributed by atoms with Crippen molar-refractivity contribution < 1.29 is 27.3 Å². The van der Waals surface area contributed by atoms with Crippen LogP contribution in [-0.2, 0) is 0 Å². The van der Waals surface area contributed by atoms with Crippen LogP contribution in [0.1, 0.15) is 23.7 Å². The average molecular weight is 294 g/mol. The fourth-order valence-corrected chi connectivity index (χ4v) is 1.55. The number of nitrogens with zero attached hydrogens (tertiary/aromatic N) is 1. The summed E-state index contributed by atoms with van der Waals surface area (Å²) in [6, 6.07) is 0.880. The van der Waals surface area contributed by atoms with Gasteiger partial charge in [0.15, 0.2) is 0 Å². The van der Waals surface area contributed by atoms with E-state index in [4.69, 9.17) is 0 Å². The van der Waals surface area contributed by atoms with Crippen molar-refractivity contribution in [3.63, 3.8) is 0 Å². The smallest absolute Gasteiger partial charge is 0.349 e. The second kappa shape index (κ2) is 5.85. The van der Waals surface area contributed by atoms with Crippen LogP contribution < -0.4 is 5.32 Å². The Morgan fingerprint density at radius 1 is 1.45 bits per heavy atom. The standard InChI is InChI=1S/C11H10F4N2O3/c1-6(5-11(13,14)15)16-10(18)8-4-7(12)2-3-9(8)17(19)20/h2-4,6H,5H2,1H3,(H,16,18). The highest BCUT2D eigenvalue weighted by Gasteiger charge is 2.31. The topological polar surface area (TPSA) is 72.2 Å². The number of amides is 1. The molecule has 1 amide bonds. The Kier molecular flexibility index (Phi) is 4.64. The van der Waals surface area contributed by atoms with Crippen molar-refractivity contribution >= 4 is 11.6 Å². The number of nitro groups is 1. The highest BCUT2D eigenvalue weighted by Crippen LogP contribution is 2.23. The first-order chi connectivity index (χ1) is 9.10. The number of halogens is 4. The molecule has 0 fully saturated rings. The lowest BCUT2D eigenvalue weighted by molar-refractivity contribution is -0.385. The van der Waals surface area contributed by atoms with E-state index in [1.807, 2.05) is 5.32 Å². The maximum absolute atomic E-state index is 13.0. The van der Waals surface area contributed by atoms with Gasteiger partial charge in [0.05, 0.1) is 11.3 Å². The van der Waals surface area contributed by atoms with Gasteiger partial charge in [-0.2, -0.15) is 13.2 Å². The maximum atomic E-state index is 13.0. The summed E-state index contributed by atoms with van der Waals surface area (Å²) in [5.41, 5.74) is -1.30. The average Bonchev–Trinajstić information content (AvgIpc) is 2.25. The zero-order chi connectivity index (χ0) is 15.5. The predicted octanol–water partition coefficient (Wildman–Crippen LogP) is 2.80. The molecule has 0 aliphatic carbocycles. The monoisotopic (exact) mass is 294 g/mol. The van der Waals surface area contributed by atoms with E-state index in [2.05, 4.69) is 0 Å². The molecule has 0 spiro atoms. The van der Waals surface area contributed by atoms with E-state index in [9.17, 15) is 32.5 Å². The summed E-state index contributed by atoms with van der Waals surface area (Å²) in [5.74, 6) is -2.03. The molecule has 0 heterocycles. The number of carbonyl (C=O) groups is 1. The first-order valence-electron chi connectivity index (χ1n) is 5.41. The van der Waals surface area contributed by atoms with E-state index in [0.717, 1.165) is 19.1 Å². The minimum atomic E-state index is -4.49. The minimum absolute atomic E-state index is 0.605.